The highest BCUT2D eigenvalue weighted by atomic mass is 35.5. The highest BCUT2D eigenvalue weighted by Gasteiger charge is 2.83. The van der Waals surface area contributed by atoms with Gasteiger partial charge in [-0.25, -0.2) is 0 Å². The van der Waals surface area contributed by atoms with Crippen LogP contribution < -0.4 is 0 Å². The summed E-state index contributed by atoms with van der Waals surface area (Å²) in [6.45, 7) is 0. The Labute approximate surface area is 160 Å². The maximum absolute atomic E-state index is 6.87. The van der Waals surface area contributed by atoms with Gasteiger partial charge in [-0.2, -0.15) is 0 Å². The van der Waals surface area contributed by atoms with Crippen LogP contribution in [-0.2, 0) is 0 Å². The van der Waals surface area contributed by atoms with Gasteiger partial charge in [-0.1, -0.05) is 64.5 Å². The second-order valence-electron chi connectivity index (χ2n) is 6.06. The summed E-state index contributed by atoms with van der Waals surface area (Å²) in [5.41, 5.74) is 1.35. The Kier molecular flexibility index (Phi) is 4.77. The number of halogens is 6. The average Bonchev–Trinajstić information content (AvgIpc) is 3.11. The summed E-state index contributed by atoms with van der Waals surface area (Å²) in [7, 11) is 0. The molecular formula is C14H16Cl6S. The Balaban J connectivity index is 2.01. The van der Waals surface area contributed by atoms with Crippen LogP contribution in [-0.4, -0.2) is 23.0 Å². The van der Waals surface area contributed by atoms with Gasteiger partial charge in [0.05, 0.1) is 10.1 Å². The van der Waals surface area contributed by atoms with E-state index in [2.05, 4.69) is 6.08 Å². The van der Waals surface area contributed by atoms with Crippen molar-refractivity contribution in [1.29, 1.82) is 0 Å². The Morgan fingerprint density at radius 1 is 1.05 bits per heavy atom. The van der Waals surface area contributed by atoms with E-state index in [1.165, 1.54) is 24.8 Å². The summed E-state index contributed by atoms with van der Waals surface area (Å²) in [6.07, 6.45) is 9.53. The van der Waals surface area contributed by atoms with Crippen LogP contribution in [0.15, 0.2) is 11.6 Å². The lowest BCUT2D eigenvalue weighted by Crippen LogP contribution is -2.51. The monoisotopic (exact) mass is 426 g/mol. The lowest BCUT2D eigenvalue weighted by molar-refractivity contribution is 0.583. The predicted octanol–water partition coefficient (Wildman–Crippen LogP) is 7.05. The molecule has 1 heterocycles. The van der Waals surface area contributed by atoms with Crippen LogP contribution in [0.25, 0.3) is 0 Å². The summed E-state index contributed by atoms with van der Waals surface area (Å²) >= 11 is 40.8. The molecule has 1 saturated heterocycles. The summed E-state index contributed by atoms with van der Waals surface area (Å²) in [6, 6.07) is 0. The largest absolute Gasteiger partial charge is 0.182 e. The molecule has 2 fully saturated rings. The van der Waals surface area contributed by atoms with Crippen molar-refractivity contribution in [3.05, 3.63) is 11.6 Å². The van der Waals surface area contributed by atoms with Gasteiger partial charge < -0.3 is 0 Å². The molecule has 0 aromatic rings. The van der Waals surface area contributed by atoms with Crippen molar-refractivity contribution in [2.75, 3.05) is 0 Å². The number of fused-ring (bicyclic) bond motifs is 1. The first-order valence-electron chi connectivity index (χ1n) is 7.17. The molecule has 0 N–H and O–H groups in total. The zero-order valence-electron chi connectivity index (χ0n) is 11.3. The van der Waals surface area contributed by atoms with E-state index in [1.807, 2.05) is 0 Å². The molecule has 3 unspecified atom stereocenters. The van der Waals surface area contributed by atoms with E-state index in [-0.39, 0.29) is 4.75 Å². The highest BCUT2D eigenvalue weighted by Crippen LogP contribution is 2.82. The Morgan fingerprint density at radius 2 is 1.76 bits per heavy atom. The maximum atomic E-state index is 6.87. The molecule has 3 atom stereocenters. The summed E-state index contributed by atoms with van der Waals surface area (Å²) in [5.74, 6) is 0. The number of rotatable bonds is 1. The maximum Gasteiger partial charge on any atom is 0.182 e. The smallest absolute Gasteiger partial charge is 0.120 e. The third kappa shape index (κ3) is 2.40. The van der Waals surface area contributed by atoms with Crippen LogP contribution in [0.4, 0.5) is 0 Å². The van der Waals surface area contributed by atoms with Crippen molar-refractivity contribution in [2.24, 2.45) is 0 Å². The zero-order valence-corrected chi connectivity index (χ0v) is 16.6. The van der Waals surface area contributed by atoms with Gasteiger partial charge >= 0.3 is 0 Å². The number of alkyl halides is 6. The summed E-state index contributed by atoms with van der Waals surface area (Å²) in [4.78, 5) is 0. The number of thioether (sulfide) groups is 1. The molecule has 0 spiro atoms. The van der Waals surface area contributed by atoms with Crippen molar-refractivity contribution in [3.8, 4) is 0 Å². The third-order valence-electron chi connectivity index (χ3n) is 4.82. The molecule has 3 aliphatic rings. The molecule has 0 nitrogen and oxygen atoms in total. The fourth-order valence-corrected chi connectivity index (χ4v) is 7.91. The standard InChI is InChI=1S/C14H16Cl6S/c15-10-7-8-11(9-5-3-1-2-4-6-9)14(20,21-11)13(18,19)12(10,16)17/h5,10H,1-4,6-8H2. The molecule has 1 saturated carbocycles. The summed E-state index contributed by atoms with van der Waals surface area (Å²) in [5, 5.41) is -0.525. The second-order valence-corrected chi connectivity index (χ2v) is 11.6. The number of hydrogen-bond donors (Lipinski definition) is 0. The SMILES string of the molecule is ClC1CCC2(C3=CCCCCC3)SC2(Cl)C(Cl)(Cl)C1(Cl)Cl. The Morgan fingerprint density at radius 3 is 2.48 bits per heavy atom. The molecule has 0 bridgehead atoms. The van der Waals surface area contributed by atoms with Crippen LogP contribution in [0, 0.1) is 0 Å². The number of hydrogen-bond acceptors (Lipinski definition) is 1. The van der Waals surface area contributed by atoms with E-state index in [9.17, 15) is 0 Å². The van der Waals surface area contributed by atoms with Gasteiger partial charge in [0.1, 0.15) is 4.21 Å². The molecule has 0 aromatic carbocycles. The van der Waals surface area contributed by atoms with Crippen molar-refractivity contribution < 1.29 is 0 Å². The first kappa shape index (κ1) is 17.6. The second kappa shape index (κ2) is 5.68. The van der Waals surface area contributed by atoms with Gasteiger partial charge in [0.2, 0.25) is 0 Å². The minimum absolute atomic E-state index is 0.277. The van der Waals surface area contributed by atoms with Crippen molar-refractivity contribution in [1.82, 2.24) is 0 Å². The minimum Gasteiger partial charge on any atom is -0.120 e. The Bertz CT molecular complexity index is 476. The van der Waals surface area contributed by atoms with Gasteiger partial charge in [-0.3, -0.25) is 0 Å². The molecule has 0 amide bonds. The fourth-order valence-electron chi connectivity index (χ4n) is 3.48. The molecular weight excluding hydrogens is 413 g/mol. The zero-order chi connectivity index (χ0) is 15.5. The molecule has 0 radical (unpaired) electrons. The van der Waals surface area contributed by atoms with Crippen LogP contribution >= 0.6 is 81.4 Å². The molecule has 2 aliphatic carbocycles. The van der Waals surface area contributed by atoms with Crippen LogP contribution in [0.5, 0.6) is 0 Å². The lowest BCUT2D eigenvalue weighted by atomic mass is 9.88. The van der Waals surface area contributed by atoms with E-state index in [0.29, 0.717) is 6.42 Å². The van der Waals surface area contributed by atoms with E-state index in [4.69, 9.17) is 69.6 Å². The topological polar surface area (TPSA) is 0 Å². The lowest BCUT2D eigenvalue weighted by Gasteiger charge is -2.37. The fraction of sp³-hybridized carbons (Fsp3) is 0.857. The number of allylic oxidation sites excluding steroid dienone is 1. The van der Waals surface area contributed by atoms with Crippen LogP contribution in [0.3, 0.4) is 0 Å². The van der Waals surface area contributed by atoms with Gasteiger partial charge in [0.15, 0.2) is 8.67 Å². The highest BCUT2D eigenvalue weighted by molar-refractivity contribution is 8.11. The van der Waals surface area contributed by atoms with Crippen LogP contribution in [0.2, 0.25) is 0 Å². The van der Waals surface area contributed by atoms with Crippen molar-refractivity contribution >= 4 is 81.4 Å². The average molecular weight is 429 g/mol. The van der Waals surface area contributed by atoms with E-state index in [1.54, 1.807) is 11.8 Å². The summed E-state index contributed by atoms with van der Waals surface area (Å²) < 4.78 is -4.17. The van der Waals surface area contributed by atoms with Gasteiger partial charge in [-0.15, -0.1) is 35.0 Å². The molecule has 1 aliphatic heterocycles. The van der Waals surface area contributed by atoms with Crippen molar-refractivity contribution in [3.63, 3.8) is 0 Å². The molecule has 7 heteroatoms. The quantitative estimate of drug-likeness (QED) is 0.245. The van der Waals surface area contributed by atoms with Gasteiger partial charge in [0, 0.05) is 0 Å². The van der Waals surface area contributed by atoms with Crippen LogP contribution in [0.1, 0.15) is 44.9 Å². The molecule has 120 valence electrons. The van der Waals surface area contributed by atoms with E-state index >= 15 is 0 Å². The van der Waals surface area contributed by atoms with E-state index in [0.717, 1.165) is 19.3 Å². The van der Waals surface area contributed by atoms with E-state index < -0.39 is 18.3 Å². The first-order valence-corrected chi connectivity index (χ1v) is 10.3. The predicted molar refractivity (Wildman–Crippen MR) is 97.8 cm³/mol. The minimum atomic E-state index is -1.51. The van der Waals surface area contributed by atoms with Gasteiger partial charge in [0.25, 0.3) is 0 Å². The third-order valence-corrected chi connectivity index (χ3v) is 11.5. The Hall–Kier alpha value is 1.83. The normalized spacial score (nSPS) is 45.0. The first-order chi connectivity index (χ1) is 9.69. The molecule has 21 heavy (non-hydrogen) atoms. The van der Waals surface area contributed by atoms with Crippen molar-refractivity contribution in [2.45, 2.75) is 67.9 Å². The molecule has 0 aromatic heterocycles. The molecule has 3 rings (SSSR count). The van der Waals surface area contributed by atoms with Gasteiger partial charge in [-0.05, 0) is 38.5 Å².